The van der Waals surface area contributed by atoms with Crippen molar-refractivity contribution in [1.82, 2.24) is 15.2 Å². The lowest BCUT2D eigenvalue weighted by Crippen LogP contribution is -2.20. The number of hydrogen-bond donors (Lipinski definition) is 1. The lowest BCUT2D eigenvalue weighted by atomic mass is 10.2. The molecule has 0 unspecified atom stereocenters. The maximum absolute atomic E-state index is 11.8. The molecule has 0 atom stereocenters. The van der Waals surface area contributed by atoms with E-state index in [1.165, 1.54) is 0 Å². The normalized spacial score (nSPS) is 10.9. The van der Waals surface area contributed by atoms with Crippen molar-refractivity contribution in [2.45, 2.75) is 26.8 Å². The molecule has 1 heterocycles. The second kappa shape index (κ2) is 7.40. The van der Waals surface area contributed by atoms with Crippen LogP contribution in [0.5, 0.6) is 5.75 Å². The summed E-state index contributed by atoms with van der Waals surface area (Å²) >= 11 is 0. The smallest absolute Gasteiger partial charge is 0.241 e. The minimum absolute atomic E-state index is 0.154. The topological polar surface area (TPSA) is 68.5 Å². The summed E-state index contributed by atoms with van der Waals surface area (Å²) in [5, 5.41) is 8.27. The Morgan fingerprint density at radius 2 is 2.18 bits per heavy atom. The SMILES string of the molecule is COc1ccccc1C=NNC(=O)CCn1nc(C)cc1C. The van der Waals surface area contributed by atoms with Crippen LogP contribution < -0.4 is 10.2 Å². The Bertz CT molecular complexity index is 677. The van der Waals surface area contributed by atoms with Crippen LogP contribution in [0.3, 0.4) is 0 Å². The number of methoxy groups -OCH3 is 1. The highest BCUT2D eigenvalue weighted by Gasteiger charge is 2.04. The van der Waals surface area contributed by atoms with E-state index in [0.29, 0.717) is 18.7 Å². The molecular formula is C16H20N4O2. The standard InChI is InChI=1S/C16H20N4O2/c1-12-10-13(2)20(19-12)9-8-16(21)18-17-11-14-6-4-5-7-15(14)22-3/h4-7,10-11H,8-9H2,1-3H3,(H,18,21). The Kier molecular flexibility index (Phi) is 5.30. The molecule has 1 aromatic heterocycles. The molecule has 0 bridgehead atoms. The van der Waals surface area contributed by atoms with Crippen molar-refractivity contribution in [2.24, 2.45) is 5.10 Å². The van der Waals surface area contributed by atoms with Crippen molar-refractivity contribution in [2.75, 3.05) is 7.11 Å². The molecule has 6 heteroatoms. The highest BCUT2D eigenvalue weighted by atomic mass is 16.5. The van der Waals surface area contributed by atoms with E-state index in [1.807, 2.05) is 48.9 Å². The Labute approximate surface area is 129 Å². The van der Waals surface area contributed by atoms with Gasteiger partial charge >= 0.3 is 0 Å². The van der Waals surface area contributed by atoms with Crippen LogP contribution in [0.25, 0.3) is 0 Å². The number of rotatable bonds is 6. The number of nitrogens with zero attached hydrogens (tertiary/aromatic N) is 3. The number of hydrazone groups is 1. The molecule has 0 radical (unpaired) electrons. The largest absolute Gasteiger partial charge is 0.496 e. The molecule has 0 aliphatic carbocycles. The van der Waals surface area contributed by atoms with Gasteiger partial charge in [-0.05, 0) is 32.0 Å². The minimum atomic E-state index is -0.154. The van der Waals surface area contributed by atoms with Gasteiger partial charge in [-0.3, -0.25) is 9.48 Å². The second-order valence-corrected chi connectivity index (χ2v) is 4.94. The van der Waals surface area contributed by atoms with Gasteiger partial charge in [0, 0.05) is 17.7 Å². The maximum atomic E-state index is 11.8. The Morgan fingerprint density at radius 3 is 2.86 bits per heavy atom. The van der Waals surface area contributed by atoms with Gasteiger partial charge in [0.2, 0.25) is 5.91 Å². The van der Waals surface area contributed by atoms with E-state index in [4.69, 9.17) is 4.74 Å². The van der Waals surface area contributed by atoms with Crippen LogP contribution >= 0.6 is 0 Å². The number of aromatic nitrogens is 2. The number of amides is 1. The average Bonchev–Trinajstić information content (AvgIpc) is 2.83. The van der Waals surface area contributed by atoms with Crippen molar-refractivity contribution in [3.8, 4) is 5.75 Å². The van der Waals surface area contributed by atoms with Gasteiger partial charge in [0.25, 0.3) is 0 Å². The number of ether oxygens (including phenoxy) is 1. The van der Waals surface area contributed by atoms with E-state index in [-0.39, 0.29) is 5.91 Å². The molecule has 0 aliphatic heterocycles. The molecule has 0 saturated heterocycles. The Balaban J connectivity index is 1.85. The molecule has 1 aromatic carbocycles. The quantitative estimate of drug-likeness (QED) is 0.656. The van der Waals surface area contributed by atoms with E-state index in [0.717, 1.165) is 17.0 Å². The molecule has 116 valence electrons. The van der Waals surface area contributed by atoms with Crippen LogP contribution in [-0.4, -0.2) is 29.0 Å². The molecule has 6 nitrogen and oxygen atoms in total. The fourth-order valence-electron chi connectivity index (χ4n) is 2.11. The first-order chi connectivity index (χ1) is 10.6. The summed E-state index contributed by atoms with van der Waals surface area (Å²) in [6.07, 6.45) is 1.89. The van der Waals surface area contributed by atoms with Gasteiger partial charge in [-0.15, -0.1) is 0 Å². The number of benzene rings is 1. The minimum Gasteiger partial charge on any atom is -0.496 e. The third-order valence-electron chi connectivity index (χ3n) is 3.19. The molecule has 0 saturated carbocycles. The van der Waals surface area contributed by atoms with Gasteiger partial charge in [-0.2, -0.15) is 10.2 Å². The predicted molar refractivity (Wildman–Crippen MR) is 85.0 cm³/mol. The summed E-state index contributed by atoms with van der Waals surface area (Å²) in [5.41, 5.74) is 5.32. The summed E-state index contributed by atoms with van der Waals surface area (Å²) in [7, 11) is 1.60. The van der Waals surface area contributed by atoms with Gasteiger partial charge in [0.05, 0.1) is 25.6 Å². The molecule has 0 aliphatic rings. The predicted octanol–water partition coefficient (Wildman–Crippen LogP) is 2.05. The van der Waals surface area contributed by atoms with Gasteiger partial charge in [-0.1, -0.05) is 12.1 Å². The Hall–Kier alpha value is -2.63. The molecule has 1 N–H and O–H groups in total. The van der Waals surface area contributed by atoms with Gasteiger partial charge in [0.15, 0.2) is 0 Å². The monoisotopic (exact) mass is 300 g/mol. The summed E-state index contributed by atoms with van der Waals surface area (Å²) in [5.74, 6) is 0.557. The summed E-state index contributed by atoms with van der Waals surface area (Å²) in [4.78, 5) is 11.8. The van der Waals surface area contributed by atoms with Crippen molar-refractivity contribution in [1.29, 1.82) is 0 Å². The zero-order valence-electron chi connectivity index (χ0n) is 13.0. The number of aryl methyl sites for hydroxylation is 3. The van der Waals surface area contributed by atoms with Crippen LogP contribution in [0.4, 0.5) is 0 Å². The zero-order chi connectivity index (χ0) is 15.9. The van der Waals surface area contributed by atoms with E-state index < -0.39 is 0 Å². The first-order valence-corrected chi connectivity index (χ1v) is 7.06. The van der Waals surface area contributed by atoms with Gasteiger partial charge < -0.3 is 4.74 Å². The molecule has 1 amide bonds. The number of para-hydroxylation sites is 1. The number of hydrogen-bond acceptors (Lipinski definition) is 4. The molecule has 2 rings (SSSR count). The van der Waals surface area contributed by atoms with Crippen molar-refractivity contribution >= 4 is 12.1 Å². The summed E-state index contributed by atoms with van der Waals surface area (Å²) in [6, 6.07) is 9.45. The van der Waals surface area contributed by atoms with E-state index in [2.05, 4.69) is 15.6 Å². The third-order valence-corrected chi connectivity index (χ3v) is 3.19. The van der Waals surface area contributed by atoms with Crippen LogP contribution in [0, 0.1) is 13.8 Å². The first kappa shape index (κ1) is 15.8. The van der Waals surface area contributed by atoms with Gasteiger partial charge in [0.1, 0.15) is 5.75 Å². The number of nitrogens with one attached hydrogen (secondary N) is 1. The fourth-order valence-corrected chi connectivity index (χ4v) is 2.11. The summed E-state index contributed by atoms with van der Waals surface area (Å²) in [6.45, 7) is 4.44. The first-order valence-electron chi connectivity index (χ1n) is 7.06. The van der Waals surface area contributed by atoms with E-state index in [9.17, 15) is 4.79 Å². The van der Waals surface area contributed by atoms with Gasteiger partial charge in [-0.25, -0.2) is 5.43 Å². The number of carbonyl (C=O) groups is 1. The van der Waals surface area contributed by atoms with Crippen molar-refractivity contribution in [3.63, 3.8) is 0 Å². The third kappa shape index (κ3) is 4.18. The maximum Gasteiger partial charge on any atom is 0.241 e. The Morgan fingerprint density at radius 1 is 1.41 bits per heavy atom. The fraction of sp³-hybridized carbons (Fsp3) is 0.312. The molecular weight excluding hydrogens is 280 g/mol. The molecule has 22 heavy (non-hydrogen) atoms. The average molecular weight is 300 g/mol. The molecule has 0 fully saturated rings. The van der Waals surface area contributed by atoms with Crippen LogP contribution in [0.15, 0.2) is 35.4 Å². The van der Waals surface area contributed by atoms with Crippen molar-refractivity contribution < 1.29 is 9.53 Å². The van der Waals surface area contributed by atoms with E-state index in [1.54, 1.807) is 13.3 Å². The lowest BCUT2D eigenvalue weighted by Gasteiger charge is -2.04. The zero-order valence-corrected chi connectivity index (χ0v) is 13.0. The highest BCUT2D eigenvalue weighted by molar-refractivity contribution is 5.85. The van der Waals surface area contributed by atoms with Crippen LogP contribution in [0.1, 0.15) is 23.4 Å². The number of carbonyl (C=O) groups excluding carboxylic acids is 1. The van der Waals surface area contributed by atoms with Crippen LogP contribution in [0.2, 0.25) is 0 Å². The second-order valence-electron chi connectivity index (χ2n) is 4.94. The van der Waals surface area contributed by atoms with Crippen molar-refractivity contribution in [3.05, 3.63) is 47.3 Å². The van der Waals surface area contributed by atoms with E-state index >= 15 is 0 Å². The summed E-state index contributed by atoms with van der Waals surface area (Å²) < 4.78 is 7.03. The molecule has 0 spiro atoms. The highest BCUT2D eigenvalue weighted by Crippen LogP contribution is 2.14. The lowest BCUT2D eigenvalue weighted by molar-refractivity contribution is -0.121. The molecule has 2 aromatic rings. The van der Waals surface area contributed by atoms with Crippen LogP contribution in [-0.2, 0) is 11.3 Å².